The topological polar surface area (TPSA) is 92.2 Å². The minimum Gasteiger partial charge on any atom is -0.481 e. The van der Waals surface area contributed by atoms with Crippen LogP contribution in [0.5, 0.6) is 0 Å². The molecule has 6 nitrogen and oxygen atoms in total. The predicted molar refractivity (Wildman–Crippen MR) is 75.1 cm³/mol. The molecule has 1 aromatic rings. The fraction of sp³-hybridized carbons (Fsp3) is 0.500. The van der Waals surface area contributed by atoms with Gasteiger partial charge in [-0.15, -0.1) is 10.2 Å². The maximum atomic E-state index is 11.8. The van der Waals surface area contributed by atoms with Crippen molar-refractivity contribution in [3.05, 3.63) is 21.9 Å². The summed E-state index contributed by atoms with van der Waals surface area (Å²) in [6, 6.07) is 1.36. The Hall–Kier alpha value is -1.40. The molecule has 1 rings (SSSR count). The monoisotopic (exact) mass is 319 g/mol. The van der Waals surface area contributed by atoms with E-state index in [2.05, 4.69) is 15.5 Å². The number of aromatic nitrogens is 2. The van der Waals surface area contributed by atoms with Crippen LogP contribution in [0.1, 0.15) is 42.5 Å². The summed E-state index contributed by atoms with van der Waals surface area (Å²) in [7, 11) is 0. The number of rotatable bonds is 8. The third-order valence-corrected chi connectivity index (χ3v) is 3.03. The van der Waals surface area contributed by atoms with E-state index < -0.39 is 5.97 Å². The Morgan fingerprint density at radius 3 is 2.55 bits per heavy atom. The van der Waals surface area contributed by atoms with E-state index in [-0.39, 0.29) is 28.2 Å². The van der Waals surface area contributed by atoms with Gasteiger partial charge in [-0.3, -0.25) is 9.59 Å². The second kappa shape index (κ2) is 8.71. The van der Waals surface area contributed by atoms with Crippen molar-refractivity contribution in [3.8, 4) is 0 Å². The maximum absolute atomic E-state index is 11.8. The average molecular weight is 320 g/mol. The molecule has 0 unspecified atom stereocenters. The first-order valence-corrected chi connectivity index (χ1v) is 6.95. The van der Waals surface area contributed by atoms with Crippen LogP contribution in [-0.4, -0.2) is 33.7 Å². The first-order chi connectivity index (χ1) is 9.50. The molecule has 1 heterocycles. The first-order valence-electron chi connectivity index (χ1n) is 6.19. The van der Waals surface area contributed by atoms with Crippen LogP contribution >= 0.6 is 23.2 Å². The smallest absolute Gasteiger partial charge is 0.303 e. The molecule has 1 amide bonds. The van der Waals surface area contributed by atoms with Gasteiger partial charge in [-0.2, -0.15) is 0 Å². The van der Waals surface area contributed by atoms with Crippen LogP contribution in [0.4, 0.5) is 0 Å². The van der Waals surface area contributed by atoms with Crippen LogP contribution in [-0.2, 0) is 4.79 Å². The van der Waals surface area contributed by atoms with Gasteiger partial charge in [0.1, 0.15) is 0 Å². The number of nitrogens with one attached hydrogen (secondary N) is 1. The molecule has 0 radical (unpaired) electrons. The van der Waals surface area contributed by atoms with E-state index in [0.717, 1.165) is 19.3 Å². The van der Waals surface area contributed by atoms with Gasteiger partial charge in [0.25, 0.3) is 5.91 Å². The Bertz CT molecular complexity index is 483. The van der Waals surface area contributed by atoms with Gasteiger partial charge in [-0.1, -0.05) is 36.0 Å². The van der Waals surface area contributed by atoms with Crippen molar-refractivity contribution in [3.63, 3.8) is 0 Å². The predicted octanol–water partition coefficient (Wildman–Crippen LogP) is 2.55. The van der Waals surface area contributed by atoms with Crippen LogP contribution < -0.4 is 5.32 Å². The molecule has 0 aliphatic rings. The highest BCUT2D eigenvalue weighted by atomic mass is 35.5. The van der Waals surface area contributed by atoms with Crippen LogP contribution in [0, 0.1) is 0 Å². The lowest BCUT2D eigenvalue weighted by Crippen LogP contribution is -2.25. The molecule has 0 fully saturated rings. The maximum Gasteiger partial charge on any atom is 0.303 e. The summed E-state index contributed by atoms with van der Waals surface area (Å²) in [4.78, 5) is 22.1. The molecule has 0 aromatic carbocycles. The van der Waals surface area contributed by atoms with E-state index in [4.69, 9.17) is 28.3 Å². The van der Waals surface area contributed by atoms with E-state index in [1.54, 1.807) is 0 Å². The van der Waals surface area contributed by atoms with Gasteiger partial charge in [0, 0.05) is 13.0 Å². The summed E-state index contributed by atoms with van der Waals surface area (Å²) in [6.07, 6.45) is 3.29. The molecule has 0 aliphatic heterocycles. The van der Waals surface area contributed by atoms with E-state index in [1.807, 2.05) is 0 Å². The van der Waals surface area contributed by atoms with E-state index >= 15 is 0 Å². The number of carbonyl (C=O) groups excluding carboxylic acids is 1. The van der Waals surface area contributed by atoms with Gasteiger partial charge in [0.15, 0.2) is 10.3 Å². The molecular weight excluding hydrogens is 305 g/mol. The van der Waals surface area contributed by atoms with Crippen LogP contribution in [0.3, 0.4) is 0 Å². The SMILES string of the molecule is O=C(O)CCCCCCNC(=O)c1cc(Cl)nnc1Cl. The molecule has 110 valence electrons. The minimum atomic E-state index is -0.782. The number of amides is 1. The van der Waals surface area contributed by atoms with Gasteiger partial charge in [0.2, 0.25) is 0 Å². The highest BCUT2D eigenvalue weighted by Gasteiger charge is 2.12. The van der Waals surface area contributed by atoms with Crippen molar-refractivity contribution in [1.82, 2.24) is 15.5 Å². The Balaban J connectivity index is 2.23. The number of unbranched alkanes of at least 4 members (excludes halogenated alkanes) is 3. The summed E-state index contributed by atoms with van der Waals surface area (Å²) in [5, 5.41) is 18.4. The fourth-order valence-corrected chi connectivity index (χ4v) is 1.89. The Morgan fingerprint density at radius 1 is 1.15 bits per heavy atom. The lowest BCUT2D eigenvalue weighted by atomic mass is 10.1. The van der Waals surface area contributed by atoms with Crippen molar-refractivity contribution in [2.45, 2.75) is 32.1 Å². The highest BCUT2D eigenvalue weighted by molar-refractivity contribution is 6.34. The number of carbonyl (C=O) groups is 2. The number of nitrogens with zero attached hydrogens (tertiary/aromatic N) is 2. The van der Waals surface area contributed by atoms with Gasteiger partial charge < -0.3 is 10.4 Å². The zero-order chi connectivity index (χ0) is 15.0. The molecule has 0 atom stereocenters. The number of halogens is 2. The van der Waals surface area contributed by atoms with Gasteiger partial charge in [0.05, 0.1) is 5.56 Å². The quantitative estimate of drug-likeness (QED) is 0.718. The number of carboxylic acid groups (broad SMARTS) is 1. The summed E-state index contributed by atoms with van der Waals surface area (Å²) in [5.41, 5.74) is 0.192. The summed E-state index contributed by atoms with van der Waals surface area (Å²) in [6.45, 7) is 0.488. The van der Waals surface area contributed by atoms with Crippen molar-refractivity contribution >= 4 is 35.1 Å². The van der Waals surface area contributed by atoms with Crippen LogP contribution in [0.2, 0.25) is 10.3 Å². The fourth-order valence-electron chi connectivity index (χ4n) is 1.56. The zero-order valence-corrected chi connectivity index (χ0v) is 12.2. The molecular formula is C12H15Cl2N3O3. The molecule has 0 aliphatic carbocycles. The third kappa shape index (κ3) is 6.16. The molecule has 8 heteroatoms. The summed E-state index contributed by atoms with van der Waals surface area (Å²) < 4.78 is 0. The third-order valence-electron chi connectivity index (χ3n) is 2.57. The highest BCUT2D eigenvalue weighted by Crippen LogP contribution is 2.15. The molecule has 1 aromatic heterocycles. The largest absolute Gasteiger partial charge is 0.481 e. The Morgan fingerprint density at radius 2 is 1.85 bits per heavy atom. The molecule has 0 saturated heterocycles. The van der Waals surface area contributed by atoms with E-state index in [9.17, 15) is 9.59 Å². The minimum absolute atomic E-state index is 0.00774. The Labute approximate surface area is 126 Å². The van der Waals surface area contributed by atoms with E-state index in [1.165, 1.54) is 6.07 Å². The normalized spacial score (nSPS) is 10.3. The van der Waals surface area contributed by atoms with Gasteiger partial charge in [-0.25, -0.2) is 0 Å². The first kappa shape index (κ1) is 16.7. The number of carboxylic acids is 1. The summed E-state index contributed by atoms with van der Waals surface area (Å²) >= 11 is 11.4. The molecule has 0 bridgehead atoms. The zero-order valence-electron chi connectivity index (χ0n) is 10.7. The molecule has 20 heavy (non-hydrogen) atoms. The van der Waals surface area contributed by atoms with Gasteiger partial charge in [-0.05, 0) is 18.9 Å². The van der Waals surface area contributed by atoms with Crippen molar-refractivity contribution in [1.29, 1.82) is 0 Å². The molecule has 0 saturated carbocycles. The second-order valence-electron chi connectivity index (χ2n) is 4.19. The lowest BCUT2D eigenvalue weighted by molar-refractivity contribution is -0.137. The van der Waals surface area contributed by atoms with Crippen molar-refractivity contribution in [2.75, 3.05) is 6.54 Å². The van der Waals surface area contributed by atoms with Crippen molar-refractivity contribution in [2.24, 2.45) is 0 Å². The number of hydrogen-bond acceptors (Lipinski definition) is 4. The molecule has 0 spiro atoms. The lowest BCUT2D eigenvalue weighted by Gasteiger charge is -2.06. The van der Waals surface area contributed by atoms with E-state index in [0.29, 0.717) is 13.0 Å². The van der Waals surface area contributed by atoms with Crippen LogP contribution in [0.15, 0.2) is 6.07 Å². The Kier molecular flexibility index (Phi) is 7.25. The van der Waals surface area contributed by atoms with Crippen molar-refractivity contribution < 1.29 is 14.7 Å². The van der Waals surface area contributed by atoms with Crippen LogP contribution in [0.25, 0.3) is 0 Å². The standard InChI is InChI=1S/C12H15Cl2N3O3/c13-9-7-8(11(14)17-16-9)12(20)15-6-4-2-1-3-5-10(18)19/h7H,1-6H2,(H,15,20)(H,18,19). The molecule has 2 N–H and O–H groups in total. The number of aliphatic carboxylic acids is 1. The summed E-state index contributed by atoms with van der Waals surface area (Å²) in [5.74, 6) is -1.13. The average Bonchev–Trinajstić information content (AvgIpc) is 2.39. The second-order valence-corrected chi connectivity index (χ2v) is 4.93. The van der Waals surface area contributed by atoms with Gasteiger partial charge >= 0.3 is 5.97 Å². The number of hydrogen-bond donors (Lipinski definition) is 2.